The molecule has 1 fully saturated rings. The van der Waals surface area contributed by atoms with E-state index in [0.29, 0.717) is 32.4 Å². The highest BCUT2D eigenvalue weighted by Gasteiger charge is 2.24. The lowest BCUT2D eigenvalue weighted by Crippen LogP contribution is -2.44. The number of carbonyl (C=O) groups is 1. The molecule has 0 bridgehead atoms. The first-order valence-corrected chi connectivity index (χ1v) is 8.72. The van der Waals surface area contributed by atoms with E-state index < -0.39 is 45.1 Å². The molecule has 0 N–H and O–H groups in total. The highest BCUT2D eigenvalue weighted by atomic mass is 32.2. The van der Waals surface area contributed by atoms with Crippen LogP contribution in [-0.2, 0) is 19.6 Å². The van der Waals surface area contributed by atoms with Gasteiger partial charge in [0.15, 0.2) is 0 Å². The van der Waals surface area contributed by atoms with Gasteiger partial charge in [-0.1, -0.05) is 0 Å². The third kappa shape index (κ3) is 5.78. The van der Waals surface area contributed by atoms with Crippen LogP contribution < -0.4 is 0 Å². The first-order valence-electron chi connectivity index (χ1n) is 7.14. The van der Waals surface area contributed by atoms with Crippen molar-refractivity contribution in [1.29, 1.82) is 0 Å². The summed E-state index contributed by atoms with van der Waals surface area (Å²) < 4.78 is 69.6. The van der Waals surface area contributed by atoms with Crippen molar-refractivity contribution in [1.82, 2.24) is 4.90 Å². The fraction of sp³-hybridized carbons (Fsp3) is 0.500. The topological polar surface area (TPSA) is 96.0 Å². The average molecular weight is 364 g/mol. The Morgan fingerprint density at radius 2 is 2.00 bits per heavy atom. The number of esters is 1. The van der Waals surface area contributed by atoms with Gasteiger partial charge in [-0.05, 0) is 12.1 Å². The summed E-state index contributed by atoms with van der Waals surface area (Å²) in [7, 11) is -4.66. The second-order valence-electron chi connectivity index (χ2n) is 5.29. The Bertz CT molecular complexity index is 691. The Kier molecular flexibility index (Phi) is 6.21. The Hall–Kier alpha value is -1.62. The maximum atomic E-state index is 13.6. The van der Waals surface area contributed by atoms with E-state index in [0.717, 1.165) is 12.1 Å². The Labute approximate surface area is 137 Å². The van der Waals surface area contributed by atoms with E-state index in [1.807, 2.05) is 0 Å². The minimum absolute atomic E-state index is 0.000611. The van der Waals surface area contributed by atoms with Gasteiger partial charge in [-0.2, -0.15) is 0 Å². The van der Waals surface area contributed by atoms with Gasteiger partial charge < -0.3 is 14.0 Å². The number of hydrogen-bond acceptors (Lipinski definition) is 7. The summed E-state index contributed by atoms with van der Waals surface area (Å²) in [5.41, 5.74) is -0.535. The molecule has 24 heavy (non-hydrogen) atoms. The molecule has 1 aliphatic heterocycles. The van der Waals surface area contributed by atoms with Gasteiger partial charge in [0.25, 0.3) is 0 Å². The molecule has 1 unspecified atom stereocenters. The van der Waals surface area contributed by atoms with E-state index in [-0.39, 0.29) is 6.54 Å². The average Bonchev–Trinajstić information content (AvgIpc) is 2.46. The first kappa shape index (κ1) is 18.7. The molecule has 1 saturated heterocycles. The zero-order valence-electron chi connectivity index (χ0n) is 12.6. The number of morpholine rings is 1. The largest absolute Gasteiger partial charge is 0.748 e. The minimum atomic E-state index is -4.66. The first-order chi connectivity index (χ1) is 11.2. The van der Waals surface area contributed by atoms with Crippen LogP contribution in [0.3, 0.4) is 0 Å². The molecule has 0 aromatic heterocycles. The zero-order valence-corrected chi connectivity index (χ0v) is 13.4. The highest BCUT2D eigenvalue weighted by Crippen LogP contribution is 2.13. The van der Waals surface area contributed by atoms with Crippen molar-refractivity contribution in [2.75, 3.05) is 38.6 Å². The fourth-order valence-electron chi connectivity index (χ4n) is 2.29. The van der Waals surface area contributed by atoms with E-state index >= 15 is 0 Å². The van der Waals surface area contributed by atoms with Gasteiger partial charge in [-0.25, -0.2) is 22.0 Å². The monoisotopic (exact) mass is 364 g/mol. The van der Waals surface area contributed by atoms with Gasteiger partial charge in [-0.3, -0.25) is 4.90 Å². The molecule has 1 aromatic carbocycles. The number of ether oxygens (including phenoxy) is 2. The summed E-state index contributed by atoms with van der Waals surface area (Å²) in [4.78, 5) is 13.8. The lowest BCUT2D eigenvalue weighted by Gasteiger charge is -2.30. The number of benzene rings is 1. The second-order valence-corrected chi connectivity index (χ2v) is 6.74. The van der Waals surface area contributed by atoms with Crippen LogP contribution >= 0.6 is 0 Å². The van der Waals surface area contributed by atoms with Gasteiger partial charge in [0.05, 0.1) is 34.6 Å². The lowest BCUT2D eigenvalue weighted by atomic mass is 10.2. The molecule has 2 rings (SSSR count). The quantitative estimate of drug-likeness (QED) is 0.531. The van der Waals surface area contributed by atoms with Crippen molar-refractivity contribution in [3.63, 3.8) is 0 Å². The summed E-state index contributed by atoms with van der Waals surface area (Å²) in [6.45, 7) is 1.82. The number of hydrogen-bond donors (Lipinski definition) is 0. The van der Waals surface area contributed by atoms with Crippen LogP contribution in [0.4, 0.5) is 8.78 Å². The summed E-state index contributed by atoms with van der Waals surface area (Å²) in [6, 6.07) is 2.28. The molecule has 0 amide bonds. The summed E-state index contributed by atoms with van der Waals surface area (Å²) >= 11 is 0. The van der Waals surface area contributed by atoms with Crippen molar-refractivity contribution < 1.29 is 36.0 Å². The molecule has 0 radical (unpaired) electrons. The van der Waals surface area contributed by atoms with Crippen LogP contribution in [0.15, 0.2) is 18.2 Å². The normalized spacial score (nSPS) is 17.5. The van der Waals surface area contributed by atoms with E-state index in [2.05, 4.69) is 0 Å². The molecule has 1 atom stereocenters. The van der Waals surface area contributed by atoms with E-state index in [4.69, 9.17) is 9.47 Å². The Morgan fingerprint density at radius 3 is 2.58 bits per heavy atom. The van der Waals surface area contributed by atoms with Crippen molar-refractivity contribution in [3.8, 4) is 0 Å². The van der Waals surface area contributed by atoms with Crippen molar-refractivity contribution in [3.05, 3.63) is 35.4 Å². The molecule has 1 aromatic rings. The molecule has 0 saturated carbocycles. The maximum Gasteiger partial charge on any atom is 0.341 e. The van der Waals surface area contributed by atoms with Crippen LogP contribution in [0, 0.1) is 11.6 Å². The number of nitrogens with zero attached hydrogens (tertiary/aromatic N) is 1. The van der Waals surface area contributed by atoms with Crippen LogP contribution in [0.1, 0.15) is 10.4 Å². The van der Waals surface area contributed by atoms with Gasteiger partial charge >= 0.3 is 5.97 Å². The fourth-order valence-corrected chi connectivity index (χ4v) is 2.92. The SMILES string of the molecule is O=C(OC(CN1CCOCC1)CS(=O)(=O)[O-])c1ccc(F)cc1F. The van der Waals surface area contributed by atoms with Crippen LogP contribution in [0.5, 0.6) is 0 Å². The van der Waals surface area contributed by atoms with E-state index in [1.54, 1.807) is 4.90 Å². The van der Waals surface area contributed by atoms with Crippen LogP contribution in [0.2, 0.25) is 0 Å². The molecule has 10 heteroatoms. The van der Waals surface area contributed by atoms with E-state index in [1.165, 1.54) is 0 Å². The molecular formula is C14H16F2NO6S-. The number of carbonyl (C=O) groups excluding carboxylic acids is 1. The van der Waals surface area contributed by atoms with Gasteiger partial charge in [0, 0.05) is 25.7 Å². The standard InChI is InChI=1S/C14H17F2NO6S/c15-10-1-2-12(13(16)7-10)14(18)23-11(9-24(19,20)21)8-17-3-5-22-6-4-17/h1-2,7,11H,3-6,8-9H2,(H,19,20,21)/p-1. The van der Waals surface area contributed by atoms with Crippen LogP contribution in [0.25, 0.3) is 0 Å². The third-order valence-corrected chi connectivity index (χ3v) is 4.16. The molecule has 7 nitrogen and oxygen atoms in total. The third-order valence-electron chi connectivity index (χ3n) is 3.38. The van der Waals surface area contributed by atoms with Gasteiger partial charge in [0.1, 0.15) is 17.7 Å². The van der Waals surface area contributed by atoms with Crippen LogP contribution in [-0.4, -0.2) is 68.5 Å². The molecule has 0 spiro atoms. The molecular weight excluding hydrogens is 348 g/mol. The number of halogens is 2. The minimum Gasteiger partial charge on any atom is -0.748 e. The highest BCUT2D eigenvalue weighted by molar-refractivity contribution is 7.85. The summed E-state index contributed by atoms with van der Waals surface area (Å²) in [5, 5.41) is 0. The van der Waals surface area contributed by atoms with Gasteiger partial charge in [-0.15, -0.1) is 0 Å². The predicted molar refractivity (Wildman–Crippen MR) is 77.4 cm³/mol. The maximum absolute atomic E-state index is 13.6. The predicted octanol–water partition coefficient (Wildman–Crippen LogP) is 0.368. The lowest BCUT2D eigenvalue weighted by molar-refractivity contribution is 0.000695. The summed E-state index contributed by atoms with van der Waals surface area (Å²) in [5.74, 6) is -4.08. The van der Waals surface area contributed by atoms with Crippen molar-refractivity contribution in [2.24, 2.45) is 0 Å². The second kappa shape index (κ2) is 7.97. The smallest absolute Gasteiger partial charge is 0.341 e. The van der Waals surface area contributed by atoms with E-state index in [9.17, 15) is 26.5 Å². The van der Waals surface area contributed by atoms with Crippen molar-refractivity contribution in [2.45, 2.75) is 6.10 Å². The molecule has 134 valence electrons. The molecule has 0 aliphatic carbocycles. The van der Waals surface area contributed by atoms with Gasteiger partial charge in [0.2, 0.25) is 0 Å². The Morgan fingerprint density at radius 1 is 1.33 bits per heavy atom. The molecule has 1 heterocycles. The molecule has 1 aliphatic rings. The summed E-state index contributed by atoms with van der Waals surface area (Å²) in [6.07, 6.45) is -1.26. The van der Waals surface area contributed by atoms with Crippen molar-refractivity contribution >= 4 is 16.1 Å². The Balaban J connectivity index is 2.09. The zero-order chi connectivity index (χ0) is 17.7. The number of rotatable bonds is 6.